The van der Waals surface area contributed by atoms with E-state index >= 15 is 0 Å². The van der Waals surface area contributed by atoms with Crippen LogP contribution in [-0.2, 0) is 12.3 Å². The number of benzene rings is 6. The van der Waals surface area contributed by atoms with Gasteiger partial charge in [-0.15, -0.1) is 19.7 Å². The molecule has 0 heterocycles. The van der Waals surface area contributed by atoms with Crippen LogP contribution < -0.4 is 31.1 Å². The summed E-state index contributed by atoms with van der Waals surface area (Å²) < 4.78 is 25.1. The molecule has 1 aliphatic carbocycles. The van der Waals surface area contributed by atoms with Gasteiger partial charge in [0.2, 0.25) is 0 Å². The van der Waals surface area contributed by atoms with E-state index in [0.29, 0.717) is 0 Å². The molecular formula is C48H50O3Si4. The van der Waals surface area contributed by atoms with Gasteiger partial charge in [-0.3, -0.25) is 0 Å². The van der Waals surface area contributed by atoms with E-state index in [4.69, 9.17) is 12.3 Å². The van der Waals surface area contributed by atoms with Crippen molar-refractivity contribution in [3.63, 3.8) is 0 Å². The van der Waals surface area contributed by atoms with E-state index in [2.05, 4.69) is 219 Å². The predicted octanol–water partition coefficient (Wildman–Crippen LogP) is 7.76. The average molecular weight is 787 g/mol. The first kappa shape index (κ1) is 38.6. The molecule has 0 aliphatic heterocycles. The van der Waals surface area contributed by atoms with Crippen LogP contribution in [0.25, 0.3) is 0 Å². The summed E-state index contributed by atoms with van der Waals surface area (Å²) in [5.74, 6) is 0. The maximum atomic E-state index is 8.38. The van der Waals surface area contributed by atoms with Gasteiger partial charge < -0.3 is 12.3 Å². The maximum Gasteiger partial charge on any atom is 0.474 e. The Morgan fingerprint density at radius 3 is 0.764 bits per heavy atom. The monoisotopic (exact) mass is 786 g/mol. The Bertz CT molecular complexity index is 1780. The minimum Gasteiger partial charge on any atom is -0.405 e. The second kappa shape index (κ2) is 17.4. The molecule has 3 nitrogen and oxygen atoms in total. The van der Waals surface area contributed by atoms with E-state index < -0.39 is 33.8 Å². The molecule has 0 bridgehead atoms. The second-order valence-electron chi connectivity index (χ2n) is 14.3. The zero-order chi connectivity index (χ0) is 38.0. The minimum absolute atomic E-state index is 0.0130. The molecule has 276 valence electrons. The van der Waals surface area contributed by atoms with Crippen LogP contribution in [0.5, 0.6) is 0 Å². The zero-order valence-corrected chi connectivity index (χ0v) is 35.5. The van der Waals surface area contributed by atoms with Crippen molar-refractivity contribution in [3.05, 3.63) is 219 Å². The topological polar surface area (TPSA) is 27.7 Å². The van der Waals surface area contributed by atoms with E-state index in [0.717, 1.165) is 56.8 Å². The molecule has 0 amide bonds. The van der Waals surface area contributed by atoms with E-state index in [-0.39, 0.29) is 5.54 Å². The van der Waals surface area contributed by atoms with Gasteiger partial charge in [0.15, 0.2) is 0 Å². The van der Waals surface area contributed by atoms with Crippen LogP contribution in [0, 0.1) is 0 Å². The SMILES string of the molecule is C=C[Si](O[Si](O[Si](C=C)(c1ccccc1)c1ccccc1)(O[Si](C=C)(c1ccccc1)c1ccccc1)C1CCCCC1)(c1ccccc1)c1ccccc1. The molecule has 0 atom stereocenters. The van der Waals surface area contributed by atoms with Gasteiger partial charge in [0, 0.05) is 5.54 Å². The Hall–Kier alpha value is -4.71. The van der Waals surface area contributed by atoms with Gasteiger partial charge in [0.25, 0.3) is 25.0 Å². The summed E-state index contributed by atoms with van der Waals surface area (Å²) in [6.07, 6.45) is 5.20. The molecule has 0 unspecified atom stereocenters. The fraction of sp³-hybridized carbons (Fsp3) is 0.125. The number of hydrogen-bond donors (Lipinski definition) is 0. The Labute approximate surface area is 332 Å². The van der Waals surface area contributed by atoms with Crippen molar-refractivity contribution < 1.29 is 12.3 Å². The van der Waals surface area contributed by atoms with E-state index in [9.17, 15) is 0 Å². The summed E-state index contributed by atoms with van der Waals surface area (Å²) in [4.78, 5) is 0. The molecule has 0 radical (unpaired) electrons. The van der Waals surface area contributed by atoms with Crippen molar-refractivity contribution in [2.45, 2.75) is 37.6 Å². The summed E-state index contributed by atoms with van der Waals surface area (Å²) in [5.41, 5.74) is 6.30. The lowest BCUT2D eigenvalue weighted by molar-refractivity contribution is 0.229. The summed E-state index contributed by atoms with van der Waals surface area (Å²) in [5, 5.41) is 6.62. The molecule has 1 fully saturated rings. The normalized spacial score (nSPS) is 14.2. The van der Waals surface area contributed by atoms with Gasteiger partial charge in [-0.25, -0.2) is 0 Å². The Kier molecular flexibility index (Phi) is 12.2. The lowest BCUT2D eigenvalue weighted by Gasteiger charge is -2.51. The van der Waals surface area contributed by atoms with Crippen LogP contribution in [0.3, 0.4) is 0 Å². The molecule has 0 spiro atoms. The Morgan fingerprint density at radius 1 is 0.345 bits per heavy atom. The Balaban J connectivity index is 1.60. The molecular weight excluding hydrogens is 737 g/mol. The van der Waals surface area contributed by atoms with Crippen molar-refractivity contribution in [3.8, 4) is 0 Å². The van der Waals surface area contributed by atoms with Crippen LogP contribution in [0.1, 0.15) is 32.1 Å². The molecule has 7 rings (SSSR count). The first-order valence-corrected chi connectivity index (χ1v) is 27.1. The van der Waals surface area contributed by atoms with E-state index in [1.165, 1.54) is 6.42 Å². The van der Waals surface area contributed by atoms with Crippen LogP contribution in [-0.4, -0.2) is 33.8 Å². The first-order valence-electron chi connectivity index (χ1n) is 19.4. The lowest BCUT2D eigenvalue weighted by atomic mass is 10.0. The van der Waals surface area contributed by atoms with Crippen molar-refractivity contribution in [2.24, 2.45) is 0 Å². The molecule has 1 saturated carbocycles. The van der Waals surface area contributed by atoms with Crippen molar-refractivity contribution in [1.82, 2.24) is 0 Å². The predicted molar refractivity (Wildman–Crippen MR) is 240 cm³/mol. The fourth-order valence-electron chi connectivity index (χ4n) is 8.24. The second-order valence-corrected chi connectivity index (χ2v) is 27.8. The van der Waals surface area contributed by atoms with Gasteiger partial charge in [-0.2, -0.15) is 0 Å². The van der Waals surface area contributed by atoms with Gasteiger partial charge in [0.05, 0.1) is 0 Å². The molecule has 0 N–H and O–H groups in total. The molecule has 0 aromatic heterocycles. The summed E-state index contributed by atoms with van der Waals surface area (Å²) in [6.45, 7) is 13.8. The van der Waals surface area contributed by atoms with Crippen LogP contribution in [0.15, 0.2) is 219 Å². The van der Waals surface area contributed by atoms with Crippen molar-refractivity contribution in [1.29, 1.82) is 0 Å². The molecule has 7 heteroatoms. The highest BCUT2D eigenvalue weighted by atomic mass is 28.5. The Morgan fingerprint density at radius 2 is 0.564 bits per heavy atom. The number of hydrogen-bond acceptors (Lipinski definition) is 3. The van der Waals surface area contributed by atoms with Gasteiger partial charge in [-0.1, -0.05) is 218 Å². The fourth-order valence-corrected chi connectivity index (χ4v) is 28.7. The van der Waals surface area contributed by atoms with Gasteiger partial charge in [0.1, 0.15) is 0 Å². The van der Waals surface area contributed by atoms with Crippen molar-refractivity contribution in [2.75, 3.05) is 0 Å². The molecule has 55 heavy (non-hydrogen) atoms. The average Bonchev–Trinajstić information content (AvgIpc) is 3.28. The molecule has 6 aromatic carbocycles. The van der Waals surface area contributed by atoms with E-state index in [1.54, 1.807) is 0 Å². The molecule has 0 saturated heterocycles. The standard InChI is InChI=1S/C48H50O3Si4/c1-4-52(42-28-14-7-15-29-42,43-30-16-8-17-31-43)49-55(48-40-26-13-27-41-48,50-53(5-2,44-32-18-9-19-33-44)45-34-20-10-21-35-45)51-54(6-3,46-36-22-11-23-37-46)47-38-24-12-25-39-47/h4-12,14-25,28-39,48H,1-3,13,26-27,40-41H2. The van der Waals surface area contributed by atoms with Crippen LogP contribution in [0.2, 0.25) is 5.54 Å². The van der Waals surface area contributed by atoms with Crippen LogP contribution >= 0.6 is 0 Å². The third kappa shape index (κ3) is 7.62. The zero-order valence-electron chi connectivity index (χ0n) is 31.5. The largest absolute Gasteiger partial charge is 0.474 e. The summed E-state index contributed by atoms with van der Waals surface area (Å²) >= 11 is 0. The van der Waals surface area contributed by atoms with E-state index in [1.807, 2.05) is 0 Å². The minimum atomic E-state index is -3.99. The molecule has 1 aliphatic rings. The summed E-state index contributed by atoms with van der Waals surface area (Å²) in [7, 11) is -13.9. The van der Waals surface area contributed by atoms with Gasteiger partial charge in [-0.05, 0) is 44.0 Å². The quantitative estimate of drug-likeness (QED) is 0.0940. The van der Waals surface area contributed by atoms with Gasteiger partial charge >= 0.3 is 8.80 Å². The highest BCUT2D eigenvalue weighted by molar-refractivity contribution is 7.11. The smallest absolute Gasteiger partial charge is 0.405 e. The third-order valence-electron chi connectivity index (χ3n) is 11.1. The maximum absolute atomic E-state index is 8.38. The summed E-state index contributed by atoms with van der Waals surface area (Å²) in [6, 6.07) is 64.0. The lowest BCUT2D eigenvalue weighted by Crippen LogP contribution is -2.77. The van der Waals surface area contributed by atoms with Crippen molar-refractivity contribution >= 4 is 64.9 Å². The highest BCUT2D eigenvalue weighted by Crippen LogP contribution is 2.43. The highest BCUT2D eigenvalue weighted by Gasteiger charge is 2.63. The third-order valence-corrected chi connectivity index (χ3v) is 28.8. The number of rotatable bonds is 16. The first-order chi connectivity index (χ1) is 27.0. The molecule has 6 aromatic rings. The van der Waals surface area contributed by atoms with Crippen LogP contribution in [0.4, 0.5) is 0 Å².